The van der Waals surface area contributed by atoms with E-state index in [-0.39, 0.29) is 29.7 Å². The number of phenolic OH excluding ortho intramolecular Hbond substituents is 1. The third-order valence-corrected chi connectivity index (χ3v) is 2.75. The lowest BCUT2D eigenvalue weighted by Gasteiger charge is -2.10. The Balaban J connectivity index is 2.51. The molecular formula is C12H11F3N2O3. The number of ether oxygens (including phenoxy) is 1. The maximum atomic E-state index is 12.9. The van der Waals surface area contributed by atoms with Crippen molar-refractivity contribution in [2.24, 2.45) is 0 Å². The average Bonchev–Trinajstić information content (AvgIpc) is 2.73. The number of carbonyl (C=O) groups is 1. The largest absolute Gasteiger partial charge is 0.508 e. The van der Waals surface area contributed by atoms with Gasteiger partial charge >= 0.3 is 12.1 Å². The Hall–Kier alpha value is -2.25. The summed E-state index contributed by atoms with van der Waals surface area (Å²) in [5.41, 5.74) is 0.209. The Morgan fingerprint density at radius 3 is 2.75 bits per heavy atom. The lowest BCUT2D eigenvalue weighted by molar-refractivity contribution is -0.148. The van der Waals surface area contributed by atoms with E-state index in [4.69, 9.17) is 0 Å². The summed E-state index contributed by atoms with van der Waals surface area (Å²) < 4.78 is 44.1. The molecule has 5 nitrogen and oxygen atoms in total. The van der Waals surface area contributed by atoms with Crippen molar-refractivity contribution in [3.63, 3.8) is 0 Å². The number of rotatable bonds is 3. The first kappa shape index (κ1) is 14.2. The molecule has 0 aliphatic heterocycles. The summed E-state index contributed by atoms with van der Waals surface area (Å²) in [5, 5.41) is 9.38. The predicted octanol–water partition coefficient (Wildman–Crippen LogP) is 2.32. The van der Waals surface area contributed by atoms with Crippen LogP contribution in [-0.4, -0.2) is 27.7 Å². The number of benzene rings is 1. The van der Waals surface area contributed by atoms with Crippen molar-refractivity contribution in [3.8, 4) is 5.75 Å². The van der Waals surface area contributed by atoms with Gasteiger partial charge in [0, 0.05) is 12.6 Å². The Bertz CT molecular complexity index is 649. The van der Waals surface area contributed by atoms with Gasteiger partial charge in [0.05, 0.1) is 24.6 Å². The van der Waals surface area contributed by atoms with Gasteiger partial charge in [-0.15, -0.1) is 0 Å². The van der Waals surface area contributed by atoms with Crippen LogP contribution in [0.1, 0.15) is 12.2 Å². The van der Waals surface area contributed by atoms with Gasteiger partial charge in [-0.1, -0.05) is 0 Å². The lowest BCUT2D eigenvalue weighted by Crippen LogP contribution is -2.17. The lowest BCUT2D eigenvalue weighted by atomic mass is 10.3. The zero-order valence-corrected chi connectivity index (χ0v) is 10.4. The van der Waals surface area contributed by atoms with E-state index in [1.165, 1.54) is 18.2 Å². The molecule has 0 aliphatic rings. The summed E-state index contributed by atoms with van der Waals surface area (Å²) in [5.74, 6) is -1.91. The van der Waals surface area contributed by atoms with Gasteiger partial charge in [-0.05, 0) is 12.1 Å². The minimum Gasteiger partial charge on any atom is -0.508 e. The number of alkyl halides is 3. The van der Waals surface area contributed by atoms with E-state index in [0.717, 1.165) is 11.7 Å². The highest BCUT2D eigenvalue weighted by Gasteiger charge is 2.37. The van der Waals surface area contributed by atoms with Crippen LogP contribution >= 0.6 is 0 Å². The van der Waals surface area contributed by atoms with E-state index in [9.17, 15) is 23.1 Å². The zero-order chi connectivity index (χ0) is 14.9. The van der Waals surface area contributed by atoms with Crippen LogP contribution in [0.5, 0.6) is 5.75 Å². The molecule has 0 bridgehead atoms. The van der Waals surface area contributed by atoms with E-state index < -0.39 is 18.0 Å². The minimum atomic E-state index is -4.65. The molecule has 108 valence electrons. The van der Waals surface area contributed by atoms with Gasteiger partial charge in [-0.2, -0.15) is 13.2 Å². The minimum absolute atomic E-state index is 0.0972. The molecule has 0 fully saturated rings. The number of phenols is 1. The molecule has 1 aromatic heterocycles. The highest BCUT2D eigenvalue weighted by Crippen LogP contribution is 2.32. The summed E-state index contributed by atoms with van der Waals surface area (Å²) >= 11 is 0. The van der Waals surface area contributed by atoms with Gasteiger partial charge in [0.1, 0.15) is 5.75 Å². The molecule has 0 saturated heterocycles. The number of halogens is 3. The first-order chi connectivity index (χ1) is 9.32. The number of esters is 1. The number of methoxy groups -OCH3 is 1. The normalized spacial score (nSPS) is 11.8. The quantitative estimate of drug-likeness (QED) is 0.880. The Kier molecular flexibility index (Phi) is 3.56. The maximum absolute atomic E-state index is 12.9. The van der Waals surface area contributed by atoms with Crippen LogP contribution < -0.4 is 0 Å². The van der Waals surface area contributed by atoms with Crippen molar-refractivity contribution in [3.05, 3.63) is 24.0 Å². The number of aryl methyl sites for hydroxylation is 1. The first-order valence-electron chi connectivity index (χ1n) is 5.66. The van der Waals surface area contributed by atoms with Crippen LogP contribution in [0.15, 0.2) is 18.2 Å². The van der Waals surface area contributed by atoms with Crippen molar-refractivity contribution in [1.29, 1.82) is 0 Å². The Morgan fingerprint density at radius 2 is 2.15 bits per heavy atom. The van der Waals surface area contributed by atoms with Crippen LogP contribution in [-0.2, 0) is 22.3 Å². The molecule has 1 aromatic carbocycles. The highest BCUT2D eigenvalue weighted by molar-refractivity contribution is 5.78. The molecule has 1 heterocycles. The smallest absolute Gasteiger partial charge is 0.449 e. The second kappa shape index (κ2) is 5.03. The van der Waals surface area contributed by atoms with Gasteiger partial charge in [-0.25, -0.2) is 4.98 Å². The molecule has 0 radical (unpaired) electrons. The van der Waals surface area contributed by atoms with Crippen molar-refractivity contribution < 1.29 is 27.8 Å². The molecule has 0 aliphatic carbocycles. The Morgan fingerprint density at radius 1 is 1.45 bits per heavy atom. The van der Waals surface area contributed by atoms with E-state index in [0.29, 0.717) is 0 Å². The number of aromatic hydroxyl groups is 1. The fourth-order valence-electron chi connectivity index (χ4n) is 1.86. The van der Waals surface area contributed by atoms with Crippen LogP contribution in [0.2, 0.25) is 0 Å². The van der Waals surface area contributed by atoms with E-state index in [1.54, 1.807) is 0 Å². The van der Waals surface area contributed by atoms with Crippen molar-refractivity contribution in [1.82, 2.24) is 9.55 Å². The second-order valence-corrected chi connectivity index (χ2v) is 4.08. The molecule has 0 unspecified atom stereocenters. The van der Waals surface area contributed by atoms with Gasteiger partial charge < -0.3 is 14.4 Å². The van der Waals surface area contributed by atoms with Crippen molar-refractivity contribution >= 4 is 17.0 Å². The topological polar surface area (TPSA) is 64.4 Å². The number of imidazole rings is 1. The summed E-state index contributed by atoms with van der Waals surface area (Å²) in [6, 6.07) is 3.71. The summed E-state index contributed by atoms with van der Waals surface area (Å²) in [7, 11) is 1.16. The second-order valence-electron chi connectivity index (χ2n) is 4.08. The monoisotopic (exact) mass is 288 g/mol. The molecular weight excluding hydrogens is 277 g/mol. The number of aromatic nitrogens is 2. The maximum Gasteiger partial charge on any atom is 0.449 e. The van der Waals surface area contributed by atoms with E-state index >= 15 is 0 Å². The third kappa shape index (κ3) is 2.68. The predicted molar refractivity (Wildman–Crippen MR) is 63.0 cm³/mol. The molecule has 1 N–H and O–H groups in total. The molecule has 8 heteroatoms. The average molecular weight is 288 g/mol. The van der Waals surface area contributed by atoms with Gasteiger partial charge in [0.25, 0.3) is 0 Å². The fourth-order valence-corrected chi connectivity index (χ4v) is 1.86. The number of nitrogens with zero attached hydrogens (tertiary/aromatic N) is 2. The van der Waals surface area contributed by atoms with Crippen molar-refractivity contribution in [2.75, 3.05) is 7.11 Å². The third-order valence-electron chi connectivity index (χ3n) is 2.75. The zero-order valence-electron chi connectivity index (χ0n) is 10.4. The van der Waals surface area contributed by atoms with Crippen LogP contribution in [0.4, 0.5) is 13.2 Å². The molecule has 2 rings (SSSR count). The van der Waals surface area contributed by atoms with E-state index in [1.807, 2.05) is 0 Å². The first-order valence-corrected chi connectivity index (χ1v) is 5.66. The SMILES string of the molecule is COC(=O)CCn1c(C(F)(F)F)nc2ccc(O)cc21. The van der Waals surface area contributed by atoms with Crippen LogP contribution in [0.3, 0.4) is 0 Å². The molecule has 20 heavy (non-hydrogen) atoms. The molecule has 0 amide bonds. The van der Waals surface area contributed by atoms with Crippen LogP contribution in [0, 0.1) is 0 Å². The standard InChI is InChI=1S/C12H11F3N2O3/c1-20-10(19)4-5-17-9-6-7(18)2-3-8(9)16-11(17)12(13,14)15/h2-3,6,18H,4-5H2,1H3. The van der Waals surface area contributed by atoms with Gasteiger partial charge in [0.2, 0.25) is 5.82 Å². The number of carbonyl (C=O) groups excluding carboxylic acids is 1. The summed E-state index contributed by atoms with van der Waals surface area (Å²) in [4.78, 5) is 14.6. The van der Waals surface area contributed by atoms with Crippen molar-refractivity contribution in [2.45, 2.75) is 19.1 Å². The Labute approximate surface area is 111 Å². The highest BCUT2D eigenvalue weighted by atomic mass is 19.4. The fraction of sp³-hybridized carbons (Fsp3) is 0.333. The van der Waals surface area contributed by atoms with E-state index in [2.05, 4.69) is 9.72 Å². The summed E-state index contributed by atoms with van der Waals surface area (Å²) in [6.45, 7) is -0.235. The van der Waals surface area contributed by atoms with Gasteiger partial charge in [0.15, 0.2) is 0 Å². The number of fused-ring (bicyclic) bond motifs is 1. The molecule has 0 atom stereocenters. The molecule has 0 saturated carbocycles. The number of hydrogen-bond donors (Lipinski definition) is 1. The van der Waals surface area contributed by atoms with Crippen LogP contribution in [0.25, 0.3) is 11.0 Å². The van der Waals surface area contributed by atoms with Gasteiger partial charge in [-0.3, -0.25) is 4.79 Å². The molecule has 0 spiro atoms. The molecule has 2 aromatic rings. The summed E-state index contributed by atoms with van der Waals surface area (Å²) in [6.07, 6.45) is -4.87. The number of hydrogen-bond acceptors (Lipinski definition) is 4.